The molecular formula is C18H12ClF2NO. The van der Waals surface area contributed by atoms with Crippen molar-refractivity contribution < 1.29 is 8.78 Å². The average molecular weight is 332 g/mol. The van der Waals surface area contributed by atoms with Gasteiger partial charge < -0.3 is 4.57 Å². The Balaban J connectivity index is 2.08. The Morgan fingerprint density at radius 1 is 0.913 bits per heavy atom. The molecule has 0 atom stereocenters. The van der Waals surface area contributed by atoms with Crippen LogP contribution in [0.4, 0.5) is 8.78 Å². The highest BCUT2D eigenvalue weighted by atomic mass is 35.5. The number of halogens is 3. The number of pyridine rings is 1. The summed E-state index contributed by atoms with van der Waals surface area (Å²) in [5, 5.41) is 0.255. The molecule has 1 aromatic heterocycles. The summed E-state index contributed by atoms with van der Waals surface area (Å²) in [6.45, 7) is 0.200. The lowest BCUT2D eigenvalue weighted by molar-refractivity contribution is 0.626. The Hall–Kier alpha value is -2.46. The predicted octanol–water partition coefficient (Wildman–Crippen LogP) is 4.50. The van der Waals surface area contributed by atoms with Gasteiger partial charge in [0.15, 0.2) is 0 Å². The molecule has 3 rings (SSSR count). The maximum absolute atomic E-state index is 13.2. The maximum Gasteiger partial charge on any atom is 0.251 e. The smallest absolute Gasteiger partial charge is 0.251 e. The third-order valence-electron chi connectivity index (χ3n) is 3.53. The van der Waals surface area contributed by atoms with Gasteiger partial charge in [0.05, 0.1) is 12.2 Å². The molecule has 116 valence electrons. The van der Waals surface area contributed by atoms with Gasteiger partial charge in [-0.05, 0) is 53.6 Å². The van der Waals surface area contributed by atoms with Crippen LogP contribution < -0.4 is 5.56 Å². The van der Waals surface area contributed by atoms with Crippen molar-refractivity contribution in [3.63, 3.8) is 0 Å². The van der Waals surface area contributed by atoms with E-state index in [0.29, 0.717) is 16.8 Å². The van der Waals surface area contributed by atoms with E-state index in [9.17, 15) is 13.6 Å². The van der Waals surface area contributed by atoms with E-state index in [2.05, 4.69) is 0 Å². The first-order chi connectivity index (χ1) is 11.0. The van der Waals surface area contributed by atoms with E-state index in [1.165, 1.54) is 34.9 Å². The van der Waals surface area contributed by atoms with Crippen LogP contribution in [0.15, 0.2) is 65.5 Å². The first-order valence-corrected chi connectivity index (χ1v) is 7.32. The first kappa shape index (κ1) is 15.4. The summed E-state index contributed by atoms with van der Waals surface area (Å²) in [6.07, 6.45) is 0. The molecule has 0 saturated heterocycles. The van der Waals surface area contributed by atoms with Crippen molar-refractivity contribution >= 4 is 11.6 Å². The number of hydrogen-bond acceptors (Lipinski definition) is 1. The van der Waals surface area contributed by atoms with Gasteiger partial charge in [-0.2, -0.15) is 0 Å². The number of benzene rings is 2. The Morgan fingerprint density at radius 2 is 1.61 bits per heavy atom. The second-order valence-electron chi connectivity index (χ2n) is 5.08. The van der Waals surface area contributed by atoms with Crippen LogP contribution in [0.3, 0.4) is 0 Å². The summed E-state index contributed by atoms with van der Waals surface area (Å²) in [7, 11) is 0. The van der Waals surface area contributed by atoms with Crippen LogP contribution in [-0.2, 0) is 6.54 Å². The first-order valence-electron chi connectivity index (χ1n) is 6.94. The van der Waals surface area contributed by atoms with Crippen LogP contribution in [0.25, 0.3) is 11.3 Å². The molecule has 2 nitrogen and oxygen atoms in total. The summed E-state index contributed by atoms with van der Waals surface area (Å²) in [6, 6.07) is 14.8. The standard InChI is InChI=1S/C18H12ClF2NO/c19-16-10-15(21)9-6-13(16)11-22-17(2-1-3-18(22)23)12-4-7-14(20)8-5-12/h1-10H,11H2. The minimum atomic E-state index is -0.432. The van der Waals surface area contributed by atoms with E-state index in [0.717, 1.165) is 0 Å². The third-order valence-corrected chi connectivity index (χ3v) is 3.89. The van der Waals surface area contributed by atoms with Gasteiger partial charge in [-0.3, -0.25) is 4.79 Å². The molecule has 0 N–H and O–H groups in total. The van der Waals surface area contributed by atoms with Crippen LogP contribution in [0.5, 0.6) is 0 Å². The molecular weight excluding hydrogens is 320 g/mol. The van der Waals surface area contributed by atoms with Gasteiger partial charge in [0.1, 0.15) is 11.6 Å². The zero-order valence-electron chi connectivity index (χ0n) is 12.0. The maximum atomic E-state index is 13.2. The summed E-state index contributed by atoms with van der Waals surface area (Å²) < 4.78 is 27.8. The van der Waals surface area contributed by atoms with Crippen molar-refractivity contribution in [1.29, 1.82) is 0 Å². The molecule has 0 aliphatic rings. The molecule has 5 heteroatoms. The lowest BCUT2D eigenvalue weighted by Crippen LogP contribution is -2.21. The number of aromatic nitrogens is 1. The van der Waals surface area contributed by atoms with Gasteiger partial charge in [0, 0.05) is 11.1 Å². The zero-order valence-corrected chi connectivity index (χ0v) is 12.7. The molecule has 0 spiro atoms. The van der Waals surface area contributed by atoms with Crippen molar-refractivity contribution in [2.45, 2.75) is 6.54 Å². The van der Waals surface area contributed by atoms with Crippen LogP contribution in [0.2, 0.25) is 5.02 Å². The largest absolute Gasteiger partial charge is 0.304 e. The van der Waals surface area contributed by atoms with Gasteiger partial charge in [-0.1, -0.05) is 23.7 Å². The van der Waals surface area contributed by atoms with Gasteiger partial charge >= 0.3 is 0 Å². The van der Waals surface area contributed by atoms with Crippen LogP contribution in [-0.4, -0.2) is 4.57 Å². The number of nitrogens with zero attached hydrogens (tertiary/aromatic N) is 1. The highest BCUT2D eigenvalue weighted by molar-refractivity contribution is 6.31. The van der Waals surface area contributed by atoms with Gasteiger partial charge in [0.2, 0.25) is 0 Å². The summed E-state index contributed by atoms with van der Waals surface area (Å²) in [4.78, 5) is 12.2. The van der Waals surface area contributed by atoms with Gasteiger partial charge in [0.25, 0.3) is 5.56 Å². The molecule has 23 heavy (non-hydrogen) atoms. The molecule has 1 heterocycles. The van der Waals surface area contributed by atoms with Crippen LogP contribution in [0.1, 0.15) is 5.56 Å². The summed E-state index contributed by atoms with van der Waals surface area (Å²) in [5.74, 6) is -0.780. The second kappa shape index (κ2) is 6.34. The molecule has 0 aliphatic heterocycles. The molecule has 0 saturated carbocycles. The van der Waals surface area contributed by atoms with Crippen molar-refractivity contribution in [2.75, 3.05) is 0 Å². The van der Waals surface area contributed by atoms with E-state index >= 15 is 0 Å². The third kappa shape index (κ3) is 3.32. The summed E-state index contributed by atoms with van der Waals surface area (Å²) >= 11 is 6.05. The van der Waals surface area contributed by atoms with Crippen LogP contribution in [0, 0.1) is 11.6 Å². The van der Waals surface area contributed by atoms with Crippen molar-refractivity contribution in [3.05, 3.63) is 93.2 Å². The number of hydrogen-bond donors (Lipinski definition) is 0. The van der Waals surface area contributed by atoms with E-state index in [4.69, 9.17) is 11.6 Å². The van der Waals surface area contributed by atoms with Crippen LogP contribution >= 0.6 is 11.6 Å². The van der Waals surface area contributed by atoms with Gasteiger partial charge in [-0.25, -0.2) is 8.78 Å². The Bertz CT molecular complexity index is 904. The van der Waals surface area contributed by atoms with E-state index in [-0.39, 0.29) is 22.9 Å². The Labute approximate surface area is 136 Å². The molecule has 0 radical (unpaired) electrons. The fourth-order valence-electron chi connectivity index (χ4n) is 2.38. The minimum absolute atomic E-state index is 0.200. The Kier molecular flexibility index (Phi) is 4.26. The molecule has 0 fully saturated rings. The molecule has 3 aromatic rings. The molecule has 0 amide bonds. The highest BCUT2D eigenvalue weighted by Gasteiger charge is 2.09. The molecule has 0 bridgehead atoms. The molecule has 2 aromatic carbocycles. The predicted molar refractivity (Wildman–Crippen MR) is 86.6 cm³/mol. The fraction of sp³-hybridized carbons (Fsp3) is 0.0556. The minimum Gasteiger partial charge on any atom is -0.304 e. The topological polar surface area (TPSA) is 22.0 Å². The van der Waals surface area contributed by atoms with Crippen molar-refractivity contribution in [1.82, 2.24) is 4.57 Å². The van der Waals surface area contributed by atoms with Crippen molar-refractivity contribution in [2.24, 2.45) is 0 Å². The van der Waals surface area contributed by atoms with Gasteiger partial charge in [-0.15, -0.1) is 0 Å². The van der Waals surface area contributed by atoms with E-state index in [1.54, 1.807) is 30.3 Å². The number of rotatable bonds is 3. The summed E-state index contributed by atoms with van der Waals surface area (Å²) in [5.41, 5.74) is 1.76. The second-order valence-corrected chi connectivity index (χ2v) is 5.49. The van der Waals surface area contributed by atoms with E-state index < -0.39 is 5.82 Å². The van der Waals surface area contributed by atoms with E-state index in [1.807, 2.05) is 0 Å². The molecule has 0 aliphatic carbocycles. The monoisotopic (exact) mass is 331 g/mol. The lowest BCUT2D eigenvalue weighted by Gasteiger charge is -2.14. The SMILES string of the molecule is O=c1cccc(-c2ccc(F)cc2)n1Cc1ccc(F)cc1Cl. The normalized spacial score (nSPS) is 10.7. The highest BCUT2D eigenvalue weighted by Crippen LogP contribution is 2.22. The quantitative estimate of drug-likeness (QED) is 0.693. The van der Waals surface area contributed by atoms with Crippen molar-refractivity contribution in [3.8, 4) is 11.3 Å². The zero-order chi connectivity index (χ0) is 16.4. The lowest BCUT2D eigenvalue weighted by atomic mass is 10.1. The Morgan fingerprint density at radius 3 is 2.30 bits per heavy atom. The average Bonchev–Trinajstić information content (AvgIpc) is 2.52. The molecule has 0 unspecified atom stereocenters. The fourth-order valence-corrected chi connectivity index (χ4v) is 2.60.